The van der Waals surface area contributed by atoms with Crippen LogP contribution in [0.5, 0.6) is 0 Å². The van der Waals surface area contributed by atoms with Crippen LogP contribution in [-0.4, -0.2) is 40.3 Å². The van der Waals surface area contributed by atoms with Gasteiger partial charge in [-0.3, -0.25) is 4.90 Å². The standard InChI is InChI=1S/C23H23NO4/c25-21(26)23-12-5-6-15(11-13-23)24(23)22(27)28-14-20-18-9-3-1-7-16(18)17-8-2-4-10-19(17)20/h1-4,7-10,15,20H,5-6,11-14H2,(H,25,26)/t15-,23?/m1/s1. The Kier molecular flexibility index (Phi) is 3.93. The zero-order valence-corrected chi connectivity index (χ0v) is 15.6. The SMILES string of the molecule is O=C(OCC1c2ccccc2-c2ccccc21)N1[C@@H]2CCCC1(C(=O)O)CC2. The van der Waals surface area contributed by atoms with Gasteiger partial charge >= 0.3 is 12.1 Å². The second-order valence-corrected chi connectivity index (χ2v) is 8.10. The Labute approximate surface area is 163 Å². The third kappa shape index (κ3) is 2.38. The van der Waals surface area contributed by atoms with Crippen LogP contribution in [-0.2, 0) is 9.53 Å². The van der Waals surface area contributed by atoms with Crippen LogP contribution in [0.3, 0.4) is 0 Å². The maximum Gasteiger partial charge on any atom is 0.411 e. The zero-order chi connectivity index (χ0) is 19.3. The summed E-state index contributed by atoms with van der Waals surface area (Å²) in [5.74, 6) is -0.914. The summed E-state index contributed by atoms with van der Waals surface area (Å²) >= 11 is 0. The fraction of sp³-hybridized carbons (Fsp3) is 0.391. The summed E-state index contributed by atoms with van der Waals surface area (Å²) in [7, 11) is 0. The number of amides is 1. The van der Waals surface area contributed by atoms with Crippen LogP contribution in [0.4, 0.5) is 4.79 Å². The molecule has 3 aliphatic rings. The van der Waals surface area contributed by atoms with Crippen molar-refractivity contribution in [2.24, 2.45) is 0 Å². The number of carboxylic acids is 1. The van der Waals surface area contributed by atoms with E-state index in [-0.39, 0.29) is 18.6 Å². The summed E-state index contributed by atoms with van der Waals surface area (Å²) in [6.45, 7) is 0.228. The maximum absolute atomic E-state index is 13.0. The van der Waals surface area contributed by atoms with Gasteiger partial charge in [-0.2, -0.15) is 0 Å². The Morgan fingerprint density at radius 2 is 1.64 bits per heavy atom. The van der Waals surface area contributed by atoms with Gasteiger partial charge in [-0.15, -0.1) is 0 Å². The molecule has 5 heteroatoms. The highest BCUT2D eigenvalue weighted by Crippen LogP contribution is 2.46. The molecule has 144 valence electrons. The number of rotatable bonds is 3. The van der Waals surface area contributed by atoms with E-state index in [1.165, 1.54) is 16.0 Å². The number of hydrogen-bond donors (Lipinski definition) is 1. The lowest BCUT2D eigenvalue weighted by atomic mass is 9.89. The number of carbonyl (C=O) groups is 2. The van der Waals surface area contributed by atoms with E-state index in [1.807, 2.05) is 24.3 Å². The normalized spacial score (nSPS) is 25.3. The Morgan fingerprint density at radius 3 is 2.29 bits per heavy atom. The molecule has 2 atom stereocenters. The van der Waals surface area contributed by atoms with Crippen LogP contribution in [0.1, 0.15) is 49.1 Å². The molecule has 5 nitrogen and oxygen atoms in total. The summed E-state index contributed by atoms with van der Waals surface area (Å²) in [5, 5.41) is 9.83. The van der Waals surface area contributed by atoms with Gasteiger partial charge in [0.05, 0.1) is 0 Å². The Morgan fingerprint density at radius 1 is 1.00 bits per heavy atom. The monoisotopic (exact) mass is 377 g/mol. The number of carbonyl (C=O) groups excluding carboxylic acids is 1. The van der Waals surface area contributed by atoms with E-state index in [9.17, 15) is 14.7 Å². The molecule has 2 heterocycles. The smallest absolute Gasteiger partial charge is 0.411 e. The van der Waals surface area contributed by atoms with Crippen LogP contribution in [0.25, 0.3) is 11.1 Å². The molecule has 1 aliphatic carbocycles. The van der Waals surface area contributed by atoms with Crippen molar-refractivity contribution in [1.82, 2.24) is 4.90 Å². The van der Waals surface area contributed by atoms with Crippen molar-refractivity contribution in [1.29, 1.82) is 0 Å². The van der Waals surface area contributed by atoms with E-state index in [4.69, 9.17) is 4.74 Å². The second-order valence-electron chi connectivity index (χ2n) is 8.10. The molecule has 2 fully saturated rings. The Bertz CT molecular complexity index is 906. The Hall–Kier alpha value is -2.82. The Balaban J connectivity index is 1.40. The minimum atomic E-state index is -1.08. The first-order valence-electron chi connectivity index (χ1n) is 9.99. The van der Waals surface area contributed by atoms with E-state index in [0.717, 1.165) is 30.4 Å². The minimum absolute atomic E-state index is 0.0134. The molecular formula is C23H23NO4. The van der Waals surface area contributed by atoms with Crippen molar-refractivity contribution >= 4 is 12.1 Å². The van der Waals surface area contributed by atoms with Gasteiger partial charge in [0.25, 0.3) is 0 Å². The molecule has 2 saturated heterocycles. The van der Waals surface area contributed by atoms with Crippen LogP contribution in [0.2, 0.25) is 0 Å². The lowest BCUT2D eigenvalue weighted by molar-refractivity contribution is -0.151. The van der Waals surface area contributed by atoms with Crippen molar-refractivity contribution in [3.63, 3.8) is 0 Å². The molecule has 0 radical (unpaired) electrons. The van der Waals surface area contributed by atoms with E-state index in [0.29, 0.717) is 12.8 Å². The van der Waals surface area contributed by atoms with Crippen LogP contribution < -0.4 is 0 Å². The number of ether oxygens (including phenoxy) is 1. The number of hydrogen-bond acceptors (Lipinski definition) is 3. The number of aliphatic carboxylic acids is 1. The first-order chi connectivity index (χ1) is 13.6. The minimum Gasteiger partial charge on any atom is -0.479 e. The summed E-state index contributed by atoms with van der Waals surface area (Å²) in [6, 6.07) is 16.4. The highest BCUT2D eigenvalue weighted by molar-refractivity contribution is 5.86. The van der Waals surface area contributed by atoms with Gasteiger partial charge in [-0.05, 0) is 54.4 Å². The quantitative estimate of drug-likeness (QED) is 0.860. The largest absolute Gasteiger partial charge is 0.479 e. The number of fused-ring (bicyclic) bond motifs is 5. The topological polar surface area (TPSA) is 66.8 Å². The van der Waals surface area contributed by atoms with Crippen LogP contribution in [0.15, 0.2) is 48.5 Å². The molecule has 0 aromatic heterocycles. The van der Waals surface area contributed by atoms with Gasteiger partial charge in [0.2, 0.25) is 0 Å². The molecular weight excluding hydrogens is 354 g/mol. The first kappa shape index (κ1) is 17.3. The number of benzene rings is 2. The van der Waals surface area contributed by atoms with Gasteiger partial charge in [-0.1, -0.05) is 48.5 Å². The van der Waals surface area contributed by atoms with Gasteiger partial charge in [0.15, 0.2) is 0 Å². The highest BCUT2D eigenvalue weighted by Gasteiger charge is 2.56. The molecule has 5 rings (SSSR count). The van der Waals surface area contributed by atoms with E-state index < -0.39 is 17.6 Å². The molecule has 2 bridgehead atoms. The average molecular weight is 377 g/mol. The molecule has 2 aliphatic heterocycles. The van der Waals surface area contributed by atoms with E-state index in [1.54, 1.807) is 0 Å². The molecule has 2 aromatic carbocycles. The van der Waals surface area contributed by atoms with Crippen molar-refractivity contribution in [2.75, 3.05) is 6.61 Å². The molecule has 1 N–H and O–H groups in total. The summed E-state index contributed by atoms with van der Waals surface area (Å²) in [6.07, 6.45) is 3.02. The van der Waals surface area contributed by atoms with Crippen LogP contribution in [0, 0.1) is 0 Å². The molecule has 28 heavy (non-hydrogen) atoms. The van der Waals surface area contributed by atoms with Gasteiger partial charge in [-0.25, -0.2) is 9.59 Å². The predicted octanol–water partition coefficient (Wildman–Crippen LogP) is 4.41. The second kappa shape index (κ2) is 6.36. The fourth-order valence-corrected chi connectivity index (χ4v) is 5.46. The average Bonchev–Trinajstić information content (AvgIpc) is 3.15. The molecule has 0 spiro atoms. The molecule has 1 unspecified atom stereocenters. The summed E-state index contributed by atoms with van der Waals surface area (Å²) < 4.78 is 5.76. The third-order valence-corrected chi connectivity index (χ3v) is 6.78. The molecule has 2 aromatic rings. The lowest BCUT2D eigenvalue weighted by Crippen LogP contribution is -2.58. The lowest BCUT2D eigenvalue weighted by Gasteiger charge is -2.41. The van der Waals surface area contributed by atoms with Crippen molar-refractivity contribution < 1.29 is 19.4 Å². The molecule has 0 saturated carbocycles. The van der Waals surface area contributed by atoms with Gasteiger partial charge in [0.1, 0.15) is 12.1 Å². The maximum atomic E-state index is 13.0. The zero-order valence-electron chi connectivity index (χ0n) is 15.6. The number of nitrogens with zero attached hydrogens (tertiary/aromatic N) is 1. The molecule has 1 amide bonds. The van der Waals surface area contributed by atoms with Crippen molar-refractivity contribution in [3.8, 4) is 11.1 Å². The van der Waals surface area contributed by atoms with Crippen LogP contribution >= 0.6 is 0 Å². The summed E-state index contributed by atoms with van der Waals surface area (Å²) in [5.41, 5.74) is 3.60. The summed E-state index contributed by atoms with van der Waals surface area (Å²) in [4.78, 5) is 26.5. The number of carboxylic acid groups (broad SMARTS) is 1. The van der Waals surface area contributed by atoms with Crippen molar-refractivity contribution in [2.45, 2.75) is 49.6 Å². The third-order valence-electron chi connectivity index (χ3n) is 6.78. The van der Waals surface area contributed by atoms with E-state index >= 15 is 0 Å². The fourth-order valence-electron chi connectivity index (χ4n) is 5.46. The predicted molar refractivity (Wildman–Crippen MR) is 104 cm³/mol. The van der Waals surface area contributed by atoms with Gasteiger partial charge in [0, 0.05) is 12.0 Å². The number of piperidine rings is 1. The first-order valence-corrected chi connectivity index (χ1v) is 9.99. The highest BCUT2D eigenvalue weighted by atomic mass is 16.6. The van der Waals surface area contributed by atoms with Crippen molar-refractivity contribution in [3.05, 3.63) is 59.7 Å². The van der Waals surface area contributed by atoms with Gasteiger partial charge < -0.3 is 9.84 Å². The van der Waals surface area contributed by atoms with E-state index in [2.05, 4.69) is 24.3 Å².